The molecule has 0 bridgehead atoms. The predicted octanol–water partition coefficient (Wildman–Crippen LogP) is 2.84. The van der Waals surface area contributed by atoms with Crippen LogP contribution < -0.4 is 20.7 Å². The highest BCUT2D eigenvalue weighted by molar-refractivity contribution is 5.92. The molecule has 13 heteroatoms. The number of methoxy groups -OCH3 is 1. The molecule has 9 nitrogen and oxygen atoms in total. The summed E-state index contributed by atoms with van der Waals surface area (Å²) in [5.74, 6) is -1.00. The molecule has 0 amide bonds. The van der Waals surface area contributed by atoms with Crippen LogP contribution in [0.1, 0.15) is 17.5 Å². The maximum Gasteiger partial charge on any atom is 0.418 e. The molecule has 34 heavy (non-hydrogen) atoms. The Morgan fingerprint density at radius 2 is 2.06 bits per heavy atom. The van der Waals surface area contributed by atoms with E-state index < -0.39 is 28.9 Å². The molecule has 0 aromatic carbocycles. The van der Waals surface area contributed by atoms with Crippen molar-refractivity contribution in [3.8, 4) is 23.5 Å². The molecular formula is C21H20F4N8O. The lowest BCUT2D eigenvalue weighted by molar-refractivity contribution is -0.137. The van der Waals surface area contributed by atoms with E-state index in [0.717, 1.165) is 6.07 Å². The van der Waals surface area contributed by atoms with Gasteiger partial charge in [0.2, 0.25) is 0 Å². The van der Waals surface area contributed by atoms with Crippen molar-refractivity contribution in [1.82, 2.24) is 25.3 Å². The van der Waals surface area contributed by atoms with E-state index in [0.29, 0.717) is 25.5 Å². The Morgan fingerprint density at radius 1 is 1.29 bits per heavy atom. The van der Waals surface area contributed by atoms with Gasteiger partial charge in [0.05, 0.1) is 30.5 Å². The van der Waals surface area contributed by atoms with Gasteiger partial charge in [0, 0.05) is 31.9 Å². The average molecular weight is 476 g/mol. The third-order valence-electron chi connectivity index (χ3n) is 5.46. The largest absolute Gasteiger partial charge is 0.467 e. The maximum atomic E-state index is 15.7. The van der Waals surface area contributed by atoms with E-state index in [2.05, 4.69) is 31.3 Å². The highest BCUT2D eigenvalue weighted by Gasteiger charge is 2.38. The first-order chi connectivity index (χ1) is 16.1. The van der Waals surface area contributed by atoms with Crippen LogP contribution in [-0.2, 0) is 6.18 Å². The number of aryl methyl sites for hydroxylation is 1. The number of nitriles is 1. The Hall–Kier alpha value is -3.79. The molecule has 4 rings (SSSR count). The topological polar surface area (TPSA) is 126 Å². The third kappa shape index (κ3) is 4.24. The van der Waals surface area contributed by atoms with Crippen LogP contribution in [0.4, 0.5) is 29.2 Å². The molecule has 1 aliphatic rings. The number of alkyl halides is 3. The summed E-state index contributed by atoms with van der Waals surface area (Å²) in [6, 6.07) is 2.87. The van der Waals surface area contributed by atoms with Crippen LogP contribution in [0.25, 0.3) is 22.3 Å². The zero-order valence-electron chi connectivity index (χ0n) is 18.2. The quantitative estimate of drug-likeness (QED) is 0.547. The molecule has 1 aliphatic heterocycles. The van der Waals surface area contributed by atoms with Gasteiger partial charge in [-0.2, -0.15) is 28.4 Å². The Labute approximate surface area is 191 Å². The molecule has 1 atom stereocenters. The van der Waals surface area contributed by atoms with E-state index in [9.17, 15) is 13.2 Å². The number of fused-ring (bicyclic) bond motifs is 1. The van der Waals surface area contributed by atoms with Crippen LogP contribution in [0.2, 0.25) is 0 Å². The summed E-state index contributed by atoms with van der Waals surface area (Å²) in [5.41, 5.74) is 2.71. The van der Waals surface area contributed by atoms with Gasteiger partial charge in [-0.3, -0.25) is 4.98 Å². The second-order valence-corrected chi connectivity index (χ2v) is 7.76. The number of nitrogens with two attached hydrogens (primary N) is 1. The minimum absolute atomic E-state index is 0.138. The number of pyridine rings is 2. The van der Waals surface area contributed by atoms with Crippen LogP contribution in [-0.4, -0.2) is 52.7 Å². The van der Waals surface area contributed by atoms with Crippen molar-refractivity contribution in [2.24, 2.45) is 0 Å². The van der Waals surface area contributed by atoms with E-state index >= 15 is 4.39 Å². The van der Waals surface area contributed by atoms with Gasteiger partial charge >= 0.3 is 12.2 Å². The average Bonchev–Trinajstić information content (AvgIpc) is 2.77. The monoisotopic (exact) mass is 476 g/mol. The van der Waals surface area contributed by atoms with Crippen molar-refractivity contribution in [2.45, 2.75) is 25.6 Å². The van der Waals surface area contributed by atoms with Crippen molar-refractivity contribution in [3.63, 3.8) is 0 Å². The van der Waals surface area contributed by atoms with Gasteiger partial charge < -0.3 is 20.7 Å². The van der Waals surface area contributed by atoms with Gasteiger partial charge in [-0.25, -0.2) is 9.37 Å². The van der Waals surface area contributed by atoms with Crippen LogP contribution in [0.5, 0.6) is 6.01 Å². The number of nitrogens with one attached hydrogen (secondary N) is 1. The van der Waals surface area contributed by atoms with Crippen molar-refractivity contribution in [1.29, 1.82) is 5.26 Å². The Kier molecular flexibility index (Phi) is 6.09. The predicted molar refractivity (Wildman–Crippen MR) is 115 cm³/mol. The smallest absolute Gasteiger partial charge is 0.418 e. The molecular weight excluding hydrogens is 456 g/mol. The summed E-state index contributed by atoms with van der Waals surface area (Å²) in [6.07, 6.45) is -3.34. The fraction of sp³-hybridized carbons (Fsp3) is 0.381. The highest BCUT2D eigenvalue weighted by atomic mass is 19.4. The number of nitrogen functional groups attached to an aromatic ring is 1. The maximum absolute atomic E-state index is 15.7. The second kappa shape index (κ2) is 8.86. The molecule has 3 N–H and O–H groups in total. The summed E-state index contributed by atoms with van der Waals surface area (Å²) < 4.78 is 62.2. The SMILES string of the molecule is COc1nc(N2CCNC(CC#N)C2)c2cnc(-c3nc(N)cc(C)c3C(F)(F)F)c(F)c2n1. The van der Waals surface area contributed by atoms with Crippen LogP contribution in [0.15, 0.2) is 12.3 Å². The fourth-order valence-corrected chi connectivity index (χ4v) is 4.01. The number of ether oxygens (including phenoxy) is 1. The standard InChI is InChI=1S/C21H20F4N8O/c1-10-7-13(27)30-17(14(10)21(23,24)25)18-15(22)16-12(8-29-18)19(32-20(31-16)34-2)33-6-5-28-11(9-33)3-4-26/h7-8,11,28H,3,5-6,9H2,1-2H3,(H2,27,30). The van der Waals surface area contributed by atoms with E-state index in [1.807, 2.05) is 4.90 Å². The van der Waals surface area contributed by atoms with E-state index in [1.54, 1.807) is 0 Å². The van der Waals surface area contributed by atoms with Crippen molar-refractivity contribution >= 4 is 22.5 Å². The number of hydrogen-bond donors (Lipinski definition) is 2. The molecule has 1 fully saturated rings. The molecule has 178 valence electrons. The zero-order valence-corrected chi connectivity index (χ0v) is 18.2. The van der Waals surface area contributed by atoms with Crippen molar-refractivity contribution < 1.29 is 22.3 Å². The first kappa shape index (κ1) is 23.4. The minimum atomic E-state index is -4.81. The second-order valence-electron chi connectivity index (χ2n) is 7.76. The van der Waals surface area contributed by atoms with Crippen LogP contribution in [0, 0.1) is 24.1 Å². The van der Waals surface area contributed by atoms with Gasteiger partial charge in [-0.15, -0.1) is 0 Å². The lowest BCUT2D eigenvalue weighted by Gasteiger charge is -2.34. The van der Waals surface area contributed by atoms with E-state index in [-0.39, 0.29) is 40.8 Å². The summed E-state index contributed by atoms with van der Waals surface area (Å²) in [6.45, 7) is 2.67. The van der Waals surface area contributed by atoms with Gasteiger partial charge in [-0.05, 0) is 18.6 Å². The van der Waals surface area contributed by atoms with Crippen molar-refractivity contribution in [2.75, 3.05) is 37.4 Å². The van der Waals surface area contributed by atoms with Crippen LogP contribution in [0.3, 0.4) is 0 Å². The van der Waals surface area contributed by atoms with Gasteiger partial charge in [-0.1, -0.05) is 0 Å². The molecule has 1 saturated heterocycles. The molecule has 0 radical (unpaired) electrons. The number of piperazine rings is 1. The van der Waals surface area contributed by atoms with E-state index in [1.165, 1.54) is 20.2 Å². The number of anilines is 2. The summed E-state index contributed by atoms with van der Waals surface area (Å²) in [5, 5.41) is 12.4. The Bertz CT molecular complexity index is 1290. The molecule has 3 aromatic heterocycles. The molecule has 0 aliphatic carbocycles. The normalized spacial score (nSPS) is 16.5. The molecule has 3 aromatic rings. The Morgan fingerprint density at radius 3 is 2.74 bits per heavy atom. The fourth-order valence-electron chi connectivity index (χ4n) is 4.01. The lowest BCUT2D eigenvalue weighted by Crippen LogP contribution is -2.51. The number of aromatic nitrogens is 4. The highest BCUT2D eigenvalue weighted by Crippen LogP contribution is 2.40. The number of nitrogens with zero attached hydrogens (tertiary/aromatic N) is 6. The third-order valence-corrected chi connectivity index (χ3v) is 5.46. The summed E-state index contributed by atoms with van der Waals surface area (Å²) in [4.78, 5) is 17.9. The van der Waals surface area contributed by atoms with Gasteiger partial charge in [0.25, 0.3) is 0 Å². The minimum Gasteiger partial charge on any atom is -0.467 e. The van der Waals surface area contributed by atoms with Gasteiger partial charge in [0.1, 0.15) is 28.5 Å². The summed E-state index contributed by atoms with van der Waals surface area (Å²) >= 11 is 0. The molecule has 1 unspecified atom stereocenters. The molecule has 4 heterocycles. The number of halogens is 4. The number of rotatable bonds is 4. The summed E-state index contributed by atoms with van der Waals surface area (Å²) in [7, 11) is 1.30. The first-order valence-corrected chi connectivity index (χ1v) is 10.2. The zero-order chi connectivity index (χ0) is 24.6. The molecule has 0 spiro atoms. The van der Waals surface area contributed by atoms with Crippen LogP contribution >= 0.6 is 0 Å². The van der Waals surface area contributed by atoms with E-state index in [4.69, 9.17) is 15.7 Å². The number of hydrogen-bond acceptors (Lipinski definition) is 9. The van der Waals surface area contributed by atoms with Gasteiger partial charge in [0.15, 0.2) is 5.82 Å². The van der Waals surface area contributed by atoms with Crippen molar-refractivity contribution in [3.05, 3.63) is 29.2 Å². The Balaban J connectivity index is 1.92. The molecule has 0 saturated carbocycles. The first-order valence-electron chi connectivity index (χ1n) is 10.2. The lowest BCUT2D eigenvalue weighted by atomic mass is 10.0.